The average molecular weight is 157 g/mol. The van der Waals surface area contributed by atoms with Crippen LogP contribution in [0.25, 0.3) is 0 Å². The molecule has 1 fully saturated rings. The van der Waals surface area contributed by atoms with Crippen LogP contribution in [0.3, 0.4) is 0 Å². The zero-order valence-electron chi connectivity index (χ0n) is 7.13. The number of rotatable bonds is 3. The van der Waals surface area contributed by atoms with Crippen LogP contribution in [0.5, 0.6) is 0 Å². The molecule has 0 heterocycles. The van der Waals surface area contributed by atoms with E-state index in [1.807, 2.05) is 0 Å². The van der Waals surface area contributed by atoms with Crippen molar-refractivity contribution in [2.75, 3.05) is 6.54 Å². The maximum atomic E-state index is 9.55. The molecule has 0 unspecified atom stereocenters. The highest BCUT2D eigenvalue weighted by Crippen LogP contribution is 2.27. The van der Waals surface area contributed by atoms with Crippen molar-refractivity contribution in [2.45, 2.75) is 44.6 Å². The van der Waals surface area contributed by atoms with Gasteiger partial charge in [-0.3, -0.25) is 0 Å². The van der Waals surface area contributed by atoms with Gasteiger partial charge in [0.1, 0.15) is 0 Å². The van der Waals surface area contributed by atoms with Gasteiger partial charge in [-0.25, -0.2) is 0 Å². The summed E-state index contributed by atoms with van der Waals surface area (Å²) in [6.07, 6.45) is 6.89. The van der Waals surface area contributed by atoms with Gasteiger partial charge in [0.15, 0.2) is 0 Å². The maximum absolute atomic E-state index is 9.55. The van der Waals surface area contributed by atoms with Gasteiger partial charge in [0.25, 0.3) is 0 Å². The lowest BCUT2D eigenvalue weighted by Crippen LogP contribution is -2.24. The summed E-state index contributed by atoms with van der Waals surface area (Å²) in [4.78, 5) is 0. The molecule has 2 nitrogen and oxygen atoms in total. The zero-order chi connectivity index (χ0) is 8.10. The fourth-order valence-electron chi connectivity index (χ4n) is 1.90. The molecule has 0 aliphatic heterocycles. The van der Waals surface area contributed by atoms with Crippen LogP contribution in [0, 0.1) is 5.92 Å². The Labute approximate surface area is 68.8 Å². The zero-order valence-corrected chi connectivity index (χ0v) is 7.13. The van der Waals surface area contributed by atoms with Gasteiger partial charge >= 0.3 is 0 Å². The highest BCUT2D eigenvalue weighted by molar-refractivity contribution is 4.74. The van der Waals surface area contributed by atoms with Crippen molar-refractivity contribution in [3.8, 4) is 0 Å². The first-order valence-electron chi connectivity index (χ1n) is 4.72. The largest absolute Gasteiger partial charge is 0.393 e. The van der Waals surface area contributed by atoms with Crippen LogP contribution in [0.1, 0.15) is 38.5 Å². The van der Waals surface area contributed by atoms with Crippen LogP contribution >= 0.6 is 0 Å². The van der Waals surface area contributed by atoms with Gasteiger partial charge in [0.05, 0.1) is 6.10 Å². The molecular formula is C9H19NO. The first-order valence-corrected chi connectivity index (χ1v) is 4.72. The summed E-state index contributed by atoms with van der Waals surface area (Å²) in [6, 6.07) is 0. The molecule has 0 saturated heterocycles. The molecular weight excluding hydrogens is 138 g/mol. The molecule has 1 aliphatic carbocycles. The van der Waals surface area contributed by atoms with Crippen molar-refractivity contribution in [3.63, 3.8) is 0 Å². The minimum absolute atomic E-state index is 0.0321. The van der Waals surface area contributed by atoms with Gasteiger partial charge in [-0.2, -0.15) is 0 Å². The Morgan fingerprint density at radius 2 is 2.00 bits per heavy atom. The van der Waals surface area contributed by atoms with Crippen LogP contribution in [-0.4, -0.2) is 17.8 Å². The minimum Gasteiger partial charge on any atom is -0.393 e. The Bertz CT molecular complexity index is 106. The van der Waals surface area contributed by atoms with Crippen LogP contribution in [-0.2, 0) is 0 Å². The number of aliphatic hydroxyl groups is 1. The van der Waals surface area contributed by atoms with Gasteiger partial charge in [-0.15, -0.1) is 0 Å². The Morgan fingerprint density at radius 3 is 2.64 bits per heavy atom. The SMILES string of the molecule is NCCC[C@H]1CCCC[C@@H]1O. The molecule has 0 amide bonds. The highest BCUT2D eigenvalue weighted by Gasteiger charge is 2.21. The standard InChI is InChI=1S/C9H19NO/c10-7-3-5-8-4-1-2-6-9(8)11/h8-9,11H,1-7,10H2/t8-,9+/m1/s1. The predicted molar refractivity (Wildman–Crippen MR) is 46.3 cm³/mol. The Hall–Kier alpha value is -0.0800. The van der Waals surface area contributed by atoms with E-state index < -0.39 is 0 Å². The van der Waals surface area contributed by atoms with E-state index in [4.69, 9.17) is 5.73 Å². The maximum Gasteiger partial charge on any atom is 0.0568 e. The molecule has 0 bridgehead atoms. The minimum atomic E-state index is -0.0321. The molecule has 1 saturated carbocycles. The summed E-state index contributed by atoms with van der Waals surface area (Å²) in [7, 11) is 0. The van der Waals surface area contributed by atoms with Crippen molar-refractivity contribution < 1.29 is 5.11 Å². The summed E-state index contributed by atoms with van der Waals surface area (Å²) < 4.78 is 0. The topological polar surface area (TPSA) is 46.2 Å². The quantitative estimate of drug-likeness (QED) is 0.648. The first-order chi connectivity index (χ1) is 5.34. The highest BCUT2D eigenvalue weighted by atomic mass is 16.3. The molecule has 2 heteroatoms. The molecule has 1 rings (SSSR count). The Balaban J connectivity index is 2.18. The van der Waals surface area contributed by atoms with E-state index in [0.29, 0.717) is 5.92 Å². The van der Waals surface area contributed by atoms with Crippen molar-refractivity contribution in [1.29, 1.82) is 0 Å². The van der Waals surface area contributed by atoms with Crippen molar-refractivity contribution in [1.82, 2.24) is 0 Å². The van der Waals surface area contributed by atoms with Gasteiger partial charge in [0.2, 0.25) is 0 Å². The second kappa shape index (κ2) is 4.73. The first kappa shape index (κ1) is 9.01. The van der Waals surface area contributed by atoms with E-state index in [0.717, 1.165) is 25.8 Å². The van der Waals surface area contributed by atoms with Crippen molar-refractivity contribution >= 4 is 0 Å². The van der Waals surface area contributed by atoms with E-state index >= 15 is 0 Å². The summed E-state index contributed by atoms with van der Waals surface area (Å²) in [5.74, 6) is 0.548. The average Bonchev–Trinajstić information content (AvgIpc) is 2.03. The molecule has 66 valence electrons. The fraction of sp³-hybridized carbons (Fsp3) is 1.00. The molecule has 0 spiro atoms. The number of hydrogen-bond acceptors (Lipinski definition) is 2. The van der Waals surface area contributed by atoms with Crippen LogP contribution < -0.4 is 5.73 Å². The van der Waals surface area contributed by atoms with Crippen LogP contribution in [0.15, 0.2) is 0 Å². The Morgan fingerprint density at radius 1 is 1.27 bits per heavy atom. The van der Waals surface area contributed by atoms with E-state index in [1.54, 1.807) is 0 Å². The Kier molecular flexibility index (Phi) is 3.87. The van der Waals surface area contributed by atoms with Gasteiger partial charge in [0, 0.05) is 0 Å². The summed E-state index contributed by atoms with van der Waals surface area (Å²) in [5.41, 5.74) is 5.41. The number of nitrogens with two attached hydrogens (primary N) is 1. The van der Waals surface area contributed by atoms with Gasteiger partial charge < -0.3 is 10.8 Å². The fourth-order valence-corrected chi connectivity index (χ4v) is 1.90. The third-order valence-corrected chi connectivity index (χ3v) is 2.65. The molecule has 1 aliphatic rings. The number of aliphatic hydroxyl groups excluding tert-OH is 1. The summed E-state index contributed by atoms with van der Waals surface area (Å²) in [6.45, 7) is 0.767. The van der Waals surface area contributed by atoms with E-state index in [9.17, 15) is 5.11 Å². The molecule has 3 N–H and O–H groups in total. The smallest absolute Gasteiger partial charge is 0.0568 e. The third-order valence-electron chi connectivity index (χ3n) is 2.65. The second-order valence-corrected chi connectivity index (χ2v) is 3.54. The van der Waals surface area contributed by atoms with Crippen LogP contribution in [0.4, 0.5) is 0 Å². The van der Waals surface area contributed by atoms with Gasteiger partial charge in [-0.05, 0) is 38.1 Å². The predicted octanol–water partition coefficient (Wildman–Crippen LogP) is 1.28. The molecule has 11 heavy (non-hydrogen) atoms. The summed E-state index contributed by atoms with van der Waals surface area (Å²) >= 11 is 0. The summed E-state index contributed by atoms with van der Waals surface area (Å²) in [5, 5.41) is 9.55. The molecule has 0 aromatic carbocycles. The normalized spacial score (nSPS) is 32.2. The van der Waals surface area contributed by atoms with Crippen molar-refractivity contribution in [3.05, 3.63) is 0 Å². The van der Waals surface area contributed by atoms with Crippen LogP contribution in [0.2, 0.25) is 0 Å². The lowest BCUT2D eigenvalue weighted by Gasteiger charge is -2.27. The molecule has 0 aromatic rings. The van der Waals surface area contributed by atoms with E-state index in [-0.39, 0.29) is 6.10 Å². The third kappa shape index (κ3) is 2.80. The molecule has 0 aromatic heterocycles. The van der Waals surface area contributed by atoms with E-state index in [1.165, 1.54) is 19.3 Å². The molecule has 2 atom stereocenters. The monoisotopic (exact) mass is 157 g/mol. The number of hydrogen-bond donors (Lipinski definition) is 2. The molecule has 0 radical (unpaired) electrons. The lowest BCUT2D eigenvalue weighted by molar-refractivity contribution is 0.0646. The second-order valence-electron chi connectivity index (χ2n) is 3.54. The van der Waals surface area contributed by atoms with E-state index in [2.05, 4.69) is 0 Å². The lowest BCUT2D eigenvalue weighted by atomic mass is 9.84. The van der Waals surface area contributed by atoms with Gasteiger partial charge in [-0.1, -0.05) is 12.8 Å². The van der Waals surface area contributed by atoms with Crippen molar-refractivity contribution in [2.24, 2.45) is 11.7 Å².